The van der Waals surface area contributed by atoms with Crippen LogP contribution in [0.15, 0.2) is 48.8 Å². The lowest BCUT2D eigenvalue weighted by Gasteiger charge is -2.11. The smallest absolute Gasteiger partial charge is 0.272 e. The molecule has 0 fully saturated rings. The van der Waals surface area contributed by atoms with Crippen LogP contribution in [0.1, 0.15) is 18.1 Å². The molecule has 1 aromatic carbocycles. The zero-order valence-corrected chi connectivity index (χ0v) is 13.4. The summed E-state index contributed by atoms with van der Waals surface area (Å²) in [6.07, 6.45) is 2.32. The number of para-hydroxylation sites is 1. The molecule has 0 N–H and O–H groups in total. The number of sulfone groups is 1. The molecule has 0 radical (unpaired) electrons. The minimum absolute atomic E-state index is 0.00338. The summed E-state index contributed by atoms with van der Waals surface area (Å²) < 4.78 is 56.0. The number of halogens is 2. The van der Waals surface area contributed by atoms with Crippen molar-refractivity contribution in [1.29, 1.82) is 0 Å². The number of alkyl halides is 2. The standard InChI is InChI=1S/C16H17F2NO3S/c1-16(17,18)14-9-13(10-19-11-14)12-23(20,21)8-7-22-15-5-3-2-4-6-15/h2-6,9-11H,7-8,12H2,1H3. The largest absolute Gasteiger partial charge is 0.493 e. The summed E-state index contributed by atoms with van der Waals surface area (Å²) in [5.74, 6) is -3.02. The molecule has 7 heteroatoms. The van der Waals surface area contributed by atoms with Crippen LogP contribution in [-0.2, 0) is 21.5 Å². The molecule has 0 amide bonds. The highest BCUT2D eigenvalue weighted by molar-refractivity contribution is 7.90. The highest BCUT2D eigenvalue weighted by Crippen LogP contribution is 2.26. The lowest BCUT2D eigenvalue weighted by molar-refractivity contribution is 0.0170. The van der Waals surface area contributed by atoms with Crippen molar-refractivity contribution in [3.8, 4) is 5.75 Å². The van der Waals surface area contributed by atoms with E-state index in [1.807, 2.05) is 6.07 Å². The summed E-state index contributed by atoms with van der Waals surface area (Å²) in [5.41, 5.74) is -0.0607. The normalized spacial score (nSPS) is 12.1. The van der Waals surface area contributed by atoms with Crippen molar-refractivity contribution in [1.82, 2.24) is 4.98 Å². The number of nitrogens with zero attached hydrogens (tertiary/aromatic N) is 1. The maximum atomic E-state index is 13.2. The molecular weight excluding hydrogens is 324 g/mol. The van der Waals surface area contributed by atoms with Gasteiger partial charge in [-0.25, -0.2) is 17.2 Å². The highest BCUT2D eigenvalue weighted by atomic mass is 32.2. The molecule has 0 aliphatic rings. The molecule has 0 atom stereocenters. The van der Waals surface area contributed by atoms with E-state index in [1.165, 1.54) is 12.3 Å². The molecule has 0 aliphatic heterocycles. The number of aromatic nitrogens is 1. The Morgan fingerprint density at radius 2 is 1.87 bits per heavy atom. The predicted octanol–water partition coefficient (Wildman–Crippen LogP) is 3.19. The first kappa shape index (κ1) is 17.3. The molecule has 2 aromatic rings. The number of pyridine rings is 1. The highest BCUT2D eigenvalue weighted by Gasteiger charge is 2.25. The third-order valence-corrected chi connectivity index (χ3v) is 4.66. The van der Waals surface area contributed by atoms with Crippen molar-refractivity contribution >= 4 is 9.84 Å². The minimum atomic E-state index is -3.48. The molecule has 124 valence electrons. The Bertz CT molecular complexity index is 743. The van der Waals surface area contributed by atoms with E-state index in [4.69, 9.17) is 4.74 Å². The number of hydrogen-bond acceptors (Lipinski definition) is 4. The van der Waals surface area contributed by atoms with E-state index in [0.29, 0.717) is 5.75 Å². The van der Waals surface area contributed by atoms with E-state index in [2.05, 4.69) is 4.98 Å². The Morgan fingerprint density at radius 3 is 2.52 bits per heavy atom. The van der Waals surface area contributed by atoms with Gasteiger partial charge in [0.2, 0.25) is 0 Å². The third kappa shape index (κ3) is 5.59. The molecule has 0 aliphatic carbocycles. The second kappa shape index (κ2) is 7.04. The van der Waals surface area contributed by atoms with Gasteiger partial charge in [-0.1, -0.05) is 18.2 Å². The summed E-state index contributed by atoms with van der Waals surface area (Å²) in [7, 11) is -3.48. The van der Waals surface area contributed by atoms with Crippen LogP contribution in [0, 0.1) is 0 Å². The van der Waals surface area contributed by atoms with Gasteiger partial charge in [0, 0.05) is 24.9 Å². The van der Waals surface area contributed by atoms with Gasteiger partial charge in [0.25, 0.3) is 5.92 Å². The van der Waals surface area contributed by atoms with Gasteiger partial charge in [-0.2, -0.15) is 0 Å². The van der Waals surface area contributed by atoms with Crippen molar-refractivity contribution in [3.05, 3.63) is 59.9 Å². The summed E-state index contributed by atoms with van der Waals surface area (Å²) in [4.78, 5) is 3.69. The fourth-order valence-electron chi connectivity index (χ4n) is 1.94. The second-order valence-electron chi connectivity index (χ2n) is 5.22. The van der Waals surface area contributed by atoms with Crippen LogP contribution in [0.25, 0.3) is 0 Å². The first-order valence-electron chi connectivity index (χ1n) is 6.97. The van der Waals surface area contributed by atoms with Gasteiger partial charge in [-0.05, 0) is 23.8 Å². The number of hydrogen-bond donors (Lipinski definition) is 0. The first-order valence-corrected chi connectivity index (χ1v) is 8.79. The van der Waals surface area contributed by atoms with Crippen molar-refractivity contribution in [2.24, 2.45) is 0 Å². The van der Waals surface area contributed by atoms with Crippen molar-refractivity contribution in [3.63, 3.8) is 0 Å². The van der Waals surface area contributed by atoms with Crippen LogP contribution in [0.4, 0.5) is 8.78 Å². The number of benzene rings is 1. The van der Waals surface area contributed by atoms with Gasteiger partial charge in [-0.15, -0.1) is 0 Å². The van der Waals surface area contributed by atoms with E-state index < -0.39 is 15.8 Å². The molecule has 0 unspecified atom stereocenters. The average Bonchev–Trinajstić information content (AvgIpc) is 2.47. The van der Waals surface area contributed by atoms with Gasteiger partial charge in [0.05, 0.1) is 11.5 Å². The predicted molar refractivity (Wildman–Crippen MR) is 83.2 cm³/mol. The molecule has 1 heterocycles. The van der Waals surface area contributed by atoms with Gasteiger partial charge in [0.1, 0.15) is 12.4 Å². The van der Waals surface area contributed by atoms with E-state index >= 15 is 0 Å². The van der Waals surface area contributed by atoms with Crippen molar-refractivity contribution in [2.75, 3.05) is 12.4 Å². The van der Waals surface area contributed by atoms with Gasteiger partial charge >= 0.3 is 0 Å². The van der Waals surface area contributed by atoms with Crippen LogP contribution < -0.4 is 4.74 Å². The molecule has 23 heavy (non-hydrogen) atoms. The average molecular weight is 341 g/mol. The summed E-state index contributed by atoms with van der Waals surface area (Å²) in [5, 5.41) is 0. The summed E-state index contributed by atoms with van der Waals surface area (Å²) in [6.45, 7) is 0.749. The quantitative estimate of drug-likeness (QED) is 0.776. The Labute approximate surface area is 134 Å². The van der Waals surface area contributed by atoms with Gasteiger partial charge in [-0.3, -0.25) is 4.98 Å². The molecule has 0 saturated heterocycles. The zero-order chi connectivity index (χ0) is 16.9. The molecule has 0 spiro atoms. The third-order valence-electron chi connectivity index (χ3n) is 3.09. The lowest BCUT2D eigenvalue weighted by Crippen LogP contribution is -2.16. The van der Waals surface area contributed by atoms with E-state index in [0.717, 1.165) is 13.1 Å². The van der Waals surface area contributed by atoms with Gasteiger partial charge in [0.15, 0.2) is 9.84 Å². The molecule has 0 bridgehead atoms. The Balaban J connectivity index is 1.96. The van der Waals surface area contributed by atoms with Crippen LogP contribution >= 0.6 is 0 Å². The molecule has 1 aromatic heterocycles. The van der Waals surface area contributed by atoms with E-state index in [-0.39, 0.29) is 29.2 Å². The van der Waals surface area contributed by atoms with Crippen LogP contribution in [0.5, 0.6) is 5.75 Å². The molecular formula is C16H17F2NO3S. The number of ether oxygens (including phenoxy) is 1. The number of rotatable bonds is 7. The Kier molecular flexibility index (Phi) is 5.30. The van der Waals surface area contributed by atoms with Crippen LogP contribution in [-0.4, -0.2) is 25.8 Å². The maximum Gasteiger partial charge on any atom is 0.272 e. The van der Waals surface area contributed by atoms with Gasteiger partial charge < -0.3 is 4.74 Å². The van der Waals surface area contributed by atoms with E-state index in [9.17, 15) is 17.2 Å². The first-order chi connectivity index (χ1) is 10.8. The molecule has 2 rings (SSSR count). The fraction of sp³-hybridized carbons (Fsp3) is 0.312. The van der Waals surface area contributed by atoms with E-state index in [1.54, 1.807) is 24.3 Å². The zero-order valence-electron chi connectivity index (χ0n) is 12.6. The molecule has 0 saturated carbocycles. The monoisotopic (exact) mass is 341 g/mol. The topological polar surface area (TPSA) is 56.3 Å². The fourth-order valence-corrected chi connectivity index (χ4v) is 3.08. The summed E-state index contributed by atoms with van der Waals surface area (Å²) >= 11 is 0. The van der Waals surface area contributed by atoms with Crippen molar-refractivity contribution in [2.45, 2.75) is 18.6 Å². The summed E-state index contributed by atoms with van der Waals surface area (Å²) in [6, 6.07) is 10.0. The van der Waals surface area contributed by atoms with Crippen LogP contribution in [0.3, 0.4) is 0 Å². The Morgan fingerprint density at radius 1 is 1.17 bits per heavy atom. The Hall–Kier alpha value is -2.02. The second-order valence-corrected chi connectivity index (χ2v) is 7.41. The minimum Gasteiger partial charge on any atom is -0.493 e. The van der Waals surface area contributed by atoms with Crippen molar-refractivity contribution < 1.29 is 21.9 Å². The lowest BCUT2D eigenvalue weighted by atomic mass is 10.1. The van der Waals surface area contributed by atoms with Crippen LogP contribution in [0.2, 0.25) is 0 Å². The molecule has 4 nitrogen and oxygen atoms in total. The SMILES string of the molecule is CC(F)(F)c1cncc(CS(=O)(=O)CCOc2ccccc2)c1. The maximum absolute atomic E-state index is 13.2.